The Hall–Kier alpha value is -1.64. The van der Waals surface area contributed by atoms with Crippen molar-refractivity contribution in [3.8, 4) is 5.75 Å². The van der Waals surface area contributed by atoms with E-state index in [1.54, 1.807) is 25.1 Å². The predicted molar refractivity (Wildman–Crippen MR) is 47.9 cm³/mol. The lowest BCUT2D eigenvalue weighted by atomic mass is 10.1. The highest BCUT2D eigenvalue weighted by Crippen LogP contribution is 2.21. The Kier molecular flexibility index (Phi) is 2.80. The quantitative estimate of drug-likeness (QED) is 0.393. The molecule has 0 aliphatic heterocycles. The Bertz CT molecular complexity index is 342. The largest absolute Gasteiger partial charge is 0.426 e. The number of hydrogen-bond donors (Lipinski definition) is 0. The summed E-state index contributed by atoms with van der Waals surface area (Å²) in [6.45, 7) is 3.09. The maximum atomic E-state index is 10.7. The number of ether oxygens (including phenoxy) is 1. The third-order valence-electron chi connectivity index (χ3n) is 1.62. The highest BCUT2D eigenvalue weighted by molar-refractivity contribution is 5.82. The average Bonchev–Trinajstić information content (AvgIpc) is 2.08. The maximum absolute atomic E-state index is 10.7. The highest BCUT2D eigenvalue weighted by Gasteiger charge is 2.07. The maximum Gasteiger partial charge on any atom is 0.308 e. The van der Waals surface area contributed by atoms with Crippen LogP contribution >= 0.6 is 0 Å². The van der Waals surface area contributed by atoms with E-state index in [1.165, 1.54) is 6.92 Å². The molecule has 0 atom stereocenters. The molecule has 3 heteroatoms. The smallest absolute Gasteiger partial charge is 0.308 e. The molecule has 0 bridgehead atoms. The number of carbonyl (C=O) groups is 2. The van der Waals surface area contributed by atoms with Crippen molar-refractivity contribution in [1.82, 2.24) is 0 Å². The monoisotopic (exact) mass is 178 g/mol. The minimum Gasteiger partial charge on any atom is -0.426 e. The van der Waals surface area contributed by atoms with Crippen molar-refractivity contribution in [2.75, 3.05) is 0 Å². The van der Waals surface area contributed by atoms with Crippen LogP contribution in [0.2, 0.25) is 0 Å². The van der Waals surface area contributed by atoms with Gasteiger partial charge >= 0.3 is 5.97 Å². The lowest BCUT2D eigenvalue weighted by Crippen LogP contribution is -2.05. The Morgan fingerprint density at radius 2 is 2.15 bits per heavy atom. The first kappa shape index (κ1) is 9.45. The van der Waals surface area contributed by atoms with Gasteiger partial charge in [0.1, 0.15) is 5.75 Å². The normalized spacial score (nSPS) is 9.38. The summed E-state index contributed by atoms with van der Waals surface area (Å²) in [6.07, 6.45) is 0.672. The molecule has 0 radical (unpaired) electrons. The number of para-hydroxylation sites is 1. The van der Waals surface area contributed by atoms with E-state index in [0.29, 0.717) is 17.6 Å². The van der Waals surface area contributed by atoms with Gasteiger partial charge in [0.25, 0.3) is 0 Å². The van der Waals surface area contributed by atoms with Gasteiger partial charge in [-0.15, -0.1) is 0 Å². The molecule has 0 unspecified atom stereocenters. The van der Waals surface area contributed by atoms with Crippen LogP contribution in [-0.4, -0.2) is 12.3 Å². The van der Waals surface area contributed by atoms with Gasteiger partial charge in [-0.3, -0.25) is 9.59 Å². The molecule has 13 heavy (non-hydrogen) atoms. The second-order valence-electron chi connectivity index (χ2n) is 2.70. The third-order valence-corrected chi connectivity index (χ3v) is 1.62. The molecular formula is C10H10O3. The molecule has 0 aromatic heterocycles. The number of hydrogen-bond acceptors (Lipinski definition) is 3. The highest BCUT2D eigenvalue weighted by atomic mass is 16.5. The summed E-state index contributed by atoms with van der Waals surface area (Å²) < 4.78 is 4.90. The fourth-order valence-corrected chi connectivity index (χ4v) is 1.05. The van der Waals surface area contributed by atoms with Crippen molar-refractivity contribution in [3.63, 3.8) is 0 Å². The van der Waals surface area contributed by atoms with Crippen LogP contribution in [0, 0.1) is 6.92 Å². The molecule has 3 nitrogen and oxygen atoms in total. The number of rotatable bonds is 2. The molecule has 0 aliphatic carbocycles. The summed E-state index contributed by atoms with van der Waals surface area (Å²) in [5.41, 5.74) is 1.18. The van der Waals surface area contributed by atoms with Crippen LogP contribution in [0.4, 0.5) is 0 Å². The molecule has 0 aliphatic rings. The Morgan fingerprint density at radius 1 is 1.46 bits per heavy atom. The summed E-state index contributed by atoms with van der Waals surface area (Å²) in [5.74, 6) is -0.0672. The zero-order chi connectivity index (χ0) is 9.84. The second kappa shape index (κ2) is 3.85. The van der Waals surface area contributed by atoms with Crippen LogP contribution in [0.5, 0.6) is 5.75 Å². The molecule has 0 saturated heterocycles. The molecule has 1 aromatic rings. The number of aldehydes is 1. The zero-order valence-electron chi connectivity index (χ0n) is 7.53. The lowest BCUT2D eigenvalue weighted by molar-refractivity contribution is -0.131. The summed E-state index contributed by atoms with van der Waals surface area (Å²) in [5, 5.41) is 0. The van der Waals surface area contributed by atoms with Crippen LogP contribution in [0.3, 0.4) is 0 Å². The van der Waals surface area contributed by atoms with Gasteiger partial charge in [-0.1, -0.05) is 12.1 Å². The number of benzene rings is 1. The molecule has 0 amide bonds. The molecule has 0 saturated carbocycles. The molecule has 0 heterocycles. The average molecular weight is 178 g/mol. The van der Waals surface area contributed by atoms with Gasteiger partial charge in [-0.05, 0) is 18.6 Å². The van der Waals surface area contributed by atoms with Crippen molar-refractivity contribution < 1.29 is 14.3 Å². The molecule has 1 aromatic carbocycles. The SMILES string of the molecule is CC(=O)Oc1c(C)cccc1C=O. The summed E-state index contributed by atoms with van der Waals surface area (Å²) in [6, 6.07) is 5.13. The number of esters is 1. The van der Waals surface area contributed by atoms with Gasteiger partial charge in [0.05, 0.1) is 5.56 Å². The van der Waals surface area contributed by atoms with Crippen LogP contribution in [0.15, 0.2) is 18.2 Å². The molecule has 0 N–H and O–H groups in total. The fraction of sp³-hybridized carbons (Fsp3) is 0.200. The van der Waals surface area contributed by atoms with E-state index in [0.717, 1.165) is 5.56 Å². The van der Waals surface area contributed by atoms with Crippen molar-refractivity contribution in [2.45, 2.75) is 13.8 Å². The van der Waals surface area contributed by atoms with E-state index in [-0.39, 0.29) is 0 Å². The molecule has 68 valence electrons. The van der Waals surface area contributed by atoms with Crippen LogP contribution in [0.25, 0.3) is 0 Å². The van der Waals surface area contributed by atoms with Gasteiger partial charge < -0.3 is 4.74 Å². The van der Waals surface area contributed by atoms with Crippen LogP contribution < -0.4 is 4.74 Å². The van der Waals surface area contributed by atoms with Crippen molar-refractivity contribution in [2.24, 2.45) is 0 Å². The van der Waals surface area contributed by atoms with E-state index in [2.05, 4.69) is 0 Å². The topological polar surface area (TPSA) is 43.4 Å². The Balaban J connectivity index is 3.14. The number of aryl methyl sites for hydroxylation is 1. The van der Waals surface area contributed by atoms with Crippen molar-refractivity contribution in [3.05, 3.63) is 29.3 Å². The standard InChI is InChI=1S/C10H10O3/c1-7-4-3-5-9(6-11)10(7)13-8(2)12/h3-6H,1-2H3. The minimum absolute atomic E-state index is 0.352. The Morgan fingerprint density at radius 3 is 2.69 bits per heavy atom. The molecule has 0 fully saturated rings. The first-order chi connectivity index (χ1) is 6.15. The third kappa shape index (κ3) is 2.15. The number of carbonyl (C=O) groups excluding carboxylic acids is 2. The van der Waals surface area contributed by atoms with Crippen molar-refractivity contribution >= 4 is 12.3 Å². The van der Waals surface area contributed by atoms with E-state index in [9.17, 15) is 9.59 Å². The Labute approximate surface area is 76.3 Å². The van der Waals surface area contributed by atoms with Crippen LogP contribution in [0.1, 0.15) is 22.8 Å². The predicted octanol–water partition coefficient (Wildman–Crippen LogP) is 1.73. The van der Waals surface area contributed by atoms with Gasteiger partial charge in [0, 0.05) is 6.92 Å². The van der Waals surface area contributed by atoms with Gasteiger partial charge in [0.2, 0.25) is 0 Å². The van der Waals surface area contributed by atoms with E-state index in [1.807, 2.05) is 0 Å². The van der Waals surface area contributed by atoms with Crippen molar-refractivity contribution in [1.29, 1.82) is 0 Å². The summed E-state index contributed by atoms with van der Waals surface area (Å²) in [7, 11) is 0. The fourth-order valence-electron chi connectivity index (χ4n) is 1.05. The first-order valence-corrected chi connectivity index (χ1v) is 3.88. The molecule has 0 spiro atoms. The van der Waals surface area contributed by atoms with Gasteiger partial charge in [-0.2, -0.15) is 0 Å². The minimum atomic E-state index is -0.419. The molecule has 1 rings (SSSR count). The zero-order valence-corrected chi connectivity index (χ0v) is 7.53. The molecular weight excluding hydrogens is 168 g/mol. The summed E-state index contributed by atoms with van der Waals surface area (Å²) >= 11 is 0. The lowest BCUT2D eigenvalue weighted by Gasteiger charge is -2.06. The second-order valence-corrected chi connectivity index (χ2v) is 2.70. The van der Waals surface area contributed by atoms with E-state index >= 15 is 0 Å². The van der Waals surface area contributed by atoms with Gasteiger partial charge in [0.15, 0.2) is 6.29 Å². The van der Waals surface area contributed by atoms with E-state index in [4.69, 9.17) is 4.74 Å². The van der Waals surface area contributed by atoms with Crippen LogP contribution in [-0.2, 0) is 4.79 Å². The van der Waals surface area contributed by atoms with E-state index < -0.39 is 5.97 Å². The summed E-state index contributed by atoms with van der Waals surface area (Å²) in [4.78, 5) is 21.3. The van der Waals surface area contributed by atoms with Gasteiger partial charge in [-0.25, -0.2) is 0 Å². The first-order valence-electron chi connectivity index (χ1n) is 3.88.